The number of anilines is 1. The molecular weight excluding hydrogens is 352 g/mol. The first-order chi connectivity index (χ1) is 11.9. The van der Waals surface area contributed by atoms with Crippen molar-refractivity contribution in [3.63, 3.8) is 0 Å². The minimum atomic E-state index is -4.41. The van der Waals surface area contributed by atoms with Gasteiger partial charge in [0.25, 0.3) is 0 Å². The Labute approximate surface area is 147 Å². The maximum Gasteiger partial charge on any atom is 0.416 e. The summed E-state index contributed by atoms with van der Waals surface area (Å²) in [5.74, 6) is -0.459. The van der Waals surface area contributed by atoms with E-state index in [0.29, 0.717) is 17.4 Å². The molecule has 1 atom stereocenters. The van der Waals surface area contributed by atoms with Gasteiger partial charge in [0, 0.05) is 17.5 Å². The van der Waals surface area contributed by atoms with Crippen molar-refractivity contribution in [2.75, 3.05) is 11.4 Å². The van der Waals surface area contributed by atoms with E-state index in [1.54, 1.807) is 29.2 Å². The summed E-state index contributed by atoms with van der Waals surface area (Å²) in [6.45, 7) is 2.55. The Hall–Kier alpha value is -2.02. The Kier molecular flexibility index (Phi) is 5.03. The molecule has 2 nitrogen and oxygen atoms in total. The van der Waals surface area contributed by atoms with E-state index in [4.69, 9.17) is 0 Å². The van der Waals surface area contributed by atoms with E-state index in [9.17, 15) is 17.6 Å². The molecular formula is C18H16F4N2S. The van der Waals surface area contributed by atoms with Gasteiger partial charge in [-0.3, -0.25) is 0 Å². The molecule has 0 radical (unpaired) electrons. The molecule has 0 aliphatic carbocycles. The van der Waals surface area contributed by atoms with Crippen molar-refractivity contribution in [1.29, 1.82) is 0 Å². The standard InChI is InChI=1S/C18H16F4N2S/c1-2-14-11-24(13-7-5-6-12(10-13)18(20,21)22)17(25-14)23-16-9-4-3-8-15(16)19/h3-10,14H,2,11H2,1H3. The first-order valence-corrected chi connectivity index (χ1v) is 8.71. The van der Waals surface area contributed by atoms with Crippen LogP contribution in [0.5, 0.6) is 0 Å². The number of hydrogen-bond acceptors (Lipinski definition) is 2. The summed E-state index contributed by atoms with van der Waals surface area (Å²) in [6, 6.07) is 11.2. The number of thioether (sulfide) groups is 1. The summed E-state index contributed by atoms with van der Waals surface area (Å²) in [5.41, 5.74) is -0.118. The summed E-state index contributed by atoms with van der Waals surface area (Å²) in [4.78, 5) is 6.08. The maximum atomic E-state index is 13.9. The molecule has 132 valence electrons. The minimum absolute atomic E-state index is 0.179. The third-order valence-corrected chi connectivity index (χ3v) is 5.24. The fraction of sp³-hybridized carbons (Fsp3) is 0.278. The molecule has 25 heavy (non-hydrogen) atoms. The Morgan fingerprint density at radius 1 is 1.16 bits per heavy atom. The molecule has 1 heterocycles. The van der Waals surface area contributed by atoms with Crippen molar-refractivity contribution in [2.45, 2.75) is 24.8 Å². The van der Waals surface area contributed by atoms with Crippen molar-refractivity contribution < 1.29 is 17.6 Å². The molecule has 0 spiro atoms. The summed E-state index contributed by atoms with van der Waals surface area (Å²) in [7, 11) is 0. The summed E-state index contributed by atoms with van der Waals surface area (Å²) in [6.07, 6.45) is -3.56. The van der Waals surface area contributed by atoms with Gasteiger partial charge in [0.1, 0.15) is 11.5 Å². The molecule has 2 aromatic carbocycles. The smallest absolute Gasteiger partial charge is 0.320 e. The van der Waals surface area contributed by atoms with Crippen LogP contribution in [0, 0.1) is 5.82 Å². The molecule has 1 aliphatic rings. The average Bonchev–Trinajstić information content (AvgIpc) is 2.99. The Bertz CT molecular complexity index is 789. The summed E-state index contributed by atoms with van der Waals surface area (Å²) < 4.78 is 52.9. The first-order valence-electron chi connectivity index (χ1n) is 7.83. The van der Waals surface area contributed by atoms with Crippen molar-refractivity contribution >= 4 is 28.3 Å². The molecule has 1 fully saturated rings. The fourth-order valence-corrected chi connectivity index (χ4v) is 3.69. The van der Waals surface area contributed by atoms with Gasteiger partial charge >= 0.3 is 6.18 Å². The van der Waals surface area contributed by atoms with Gasteiger partial charge in [-0.05, 0) is 36.8 Å². The number of aliphatic imine (C=N–C) groups is 1. The second kappa shape index (κ2) is 7.07. The molecule has 0 amide bonds. The van der Waals surface area contributed by atoms with Gasteiger partial charge in [0.2, 0.25) is 0 Å². The van der Waals surface area contributed by atoms with Crippen LogP contribution in [0.1, 0.15) is 18.9 Å². The second-order valence-electron chi connectivity index (χ2n) is 5.65. The zero-order valence-electron chi connectivity index (χ0n) is 13.4. The van der Waals surface area contributed by atoms with Crippen LogP contribution in [-0.2, 0) is 6.18 Å². The van der Waals surface area contributed by atoms with Crippen molar-refractivity contribution in [1.82, 2.24) is 0 Å². The SMILES string of the molecule is CCC1CN(c2cccc(C(F)(F)F)c2)C(=Nc2ccccc2F)S1. The molecule has 0 aromatic heterocycles. The van der Waals surface area contributed by atoms with Crippen LogP contribution < -0.4 is 4.90 Å². The first kappa shape index (κ1) is 17.8. The van der Waals surface area contributed by atoms with E-state index < -0.39 is 17.6 Å². The Morgan fingerprint density at radius 2 is 1.92 bits per heavy atom. The van der Waals surface area contributed by atoms with Crippen LogP contribution in [0.4, 0.5) is 28.9 Å². The number of halogens is 4. The number of rotatable bonds is 3. The lowest BCUT2D eigenvalue weighted by molar-refractivity contribution is -0.137. The van der Waals surface area contributed by atoms with E-state index in [2.05, 4.69) is 4.99 Å². The minimum Gasteiger partial charge on any atom is -0.320 e. The summed E-state index contributed by atoms with van der Waals surface area (Å²) >= 11 is 1.46. The average molecular weight is 368 g/mol. The third kappa shape index (κ3) is 3.98. The Morgan fingerprint density at radius 3 is 2.60 bits per heavy atom. The van der Waals surface area contributed by atoms with Crippen LogP contribution in [0.3, 0.4) is 0 Å². The highest BCUT2D eigenvalue weighted by Crippen LogP contribution is 2.37. The predicted octanol–water partition coefficient (Wildman–Crippen LogP) is 5.86. The molecule has 1 unspecified atom stereocenters. The van der Waals surface area contributed by atoms with Gasteiger partial charge < -0.3 is 4.90 Å². The van der Waals surface area contributed by atoms with E-state index in [0.717, 1.165) is 18.6 Å². The van der Waals surface area contributed by atoms with E-state index in [1.165, 1.54) is 23.9 Å². The molecule has 1 saturated heterocycles. The van der Waals surface area contributed by atoms with Crippen LogP contribution >= 0.6 is 11.8 Å². The predicted molar refractivity (Wildman–Crippen MR) is 94.0 cm³/mol. The quantitative estimate of drug-likeness (QED) is 0.630. The van der Waals surface area contributed by atoms with Crippen LogP contribution in [0.2, 0.25) is 0 Å². The van der Waals surface area contributed by atoms with Crippen molar-refractivity contribution in [2.24, 2.45) is 4.99 Å². The highest BCUT2D eigenvalue weighted by atomic mass is 32.2. The van der Waals surface area contributed by atoms with Gasteiger partial charge in [0.05, 0.1) is 5.56 Å². The highest BCUT2D eigenvalue weighted by Gasteiger charge is 2.33. The van der Waals surface area contributed by atoms with E-state index in [1.807, 2.05) is 6.92 Å². The molecule has 3 rings (SSSR count). The maximum absolute atomic E-state index is 13.9. The fourth-order valence-electron chi connectivity index (χ4n) is 2.54. The number of alkyl halides is 3. The van der Waals surface area contributed by atoms with Gasteiger partial charge in [0.15, 0.2) is 5.17 Å². The molecule has 0 N–H and O–H groups in total. The number of hydrogen-bond donors (Lipinski definition) is 0. The van der Waals surface area contributed by atoms with E-state index in [-0.39, 0.29) is 10.9 Å². The van der Waals surface area contributed by atoms with Gasteiger partial charge in [-0.2, -0.15) is 13.2 Å². The molecule has 0 saturated carbocycles. The molecule has 1 aliphatic heterocycles. The number of benzene rings is 2. The summed E-state index contributed by atoms with van der Waals surface area (Å²) in [5, 5.41) is 0.705. The third-order valence-electron chi connectivity index (χ3n) is 3.90. The van der Waals surface area contributed by atoms with Crippen molar-refractivity contribution in [3.05, 3.63) is 59.9 Å². The monoisotopic (exact) mass is 368 g/mol. The Balaban J connectivity index is 2.00. The molecule has 7 heteroatoms. The topological polar surface area (TPSA) is 15.6 Å². The van der Waals surface area contributed by atoms with Crippen LogP contribution in [-0.4, -0.2) is 17.0 Å². The second-order valence-corrected chi connectivity index (χ2v) is 6.92. The van der Waals surface area contributed by atoms with Gasteiger partial charge in [-0.25, -0.2) is 9.38 Å². The number of amidine groups is 1. The number of para-hydroxylation sites is 1. The highest BCUT2D eigenvalue weighted by molar-refractivity contribution is 8.15. The molecule has 0 bridgehead atoms. The normalized spacial score (nSPS) is 19.6. The van der Waals surface area contributed by atoms with Crippen LogP contribution in [0.15, 0.2) is 53.5 Å². The largest absolute Gasteiger partial charge is 0.416 e. The number of nitrogens with zero attached hydrogens (tertiary/aromatic N) is 2. The molecule has 2 aromatic rings. The lowest BCUT2D eigenvalue weighted by Gasteiger charge is -2.20. The van der Waals surface area contributed by atoms with Gasteiger partial charge in [-0.15, -0.1) is 0 Å². The zero-order chi connectivity index (χ0) is 18.0. The zero-order valence-corrected chi connectivity index (χ0v) is 14.2. The van der Waals surface area contributed by atoms with Gasteiger partial charge in [-0.1, -0.05) is 36.9 Å². The lowest BCUT2D eigenvalue weighted by Crippen LogP contribution is -2.25. The van der Waals surface area contributed by atoms with Crippen LogP contribution in [0.25, 0.3) is 0 Å². The lowest BCUT2D eigenvalue weighted by atomic mass is 10.1. The van der Waals surface area contributed by atoms with E-state index >= 15 is 0 Å². The van der Waals surface area contributed by atoms with Crippen molar-refractivity contribution in [3.8, 4) is 0 Å².